The summed E-state index contributed by atoms with van der Waals surface area (Å²) in [5, 5.41) is 4.11. The van der Waals surface area contributed by atoms with Crippen LogP contribution in [0.5, 0.6) is 0 Å². The Balaban J connectivity index is 2.01. The van der Waals surface area contributed by atoms with Crippen molar-refractivity contribution in [2.75, 3.05) is 4.90 Å². The highest BCUT2D eigenvalue weighted by Crippen LogP contribution is 2.33. The number of rotatable bonds is 3. The number of anilines is 1. The minimum Gasteiger partial charge on any atom is -0.297 e. The summed E-state index contributed by atoms with van der Waals surface area (Å²) < 4.78 is 15.9. The van der Waals surface area contributed by atoms with E-state index in [1.54, 1.807) is 30.1 Å². The summed E-state index contributed by atoms with van der Waals surface area (Å²) in [4.78, 5) is 25.3. The standard InChI is InChI=1S/C15H14FN3O2/c1-3-18-7-10(6-17-18)8-19-13-11(14(20)15(19)21)4-9(2)5-12(13)16/h4-7H,3,8H2,1-2H3. The molecule has 0 radical (unpaired) electrons. The molecule has 0 fully saturated rings. The van der Waals surface area contributed by atoms with Crippen LogP contribution in [0, 0.1) is 12.7 Å². The maximum absolute atomic E-state index is 14.2. The minimum atomic E-state index is -0.696. The van der Waals surface area contributed by atoms with E-state index in [0.717, 1.165) is 5.56 Å². The quantitative estimate of drug-likeness (QED) is 0.812. The van der Waals surface area contributed by atoms with E-state index in [9.17, 15) is 14.0 Å². The van der Waals surface area contributed by atoms with Gasteiger partial charge in [-0.25, -0.2) is 4.39 Å². The highest BCUT2D eigenvalue weighted by molar-refractivity contribution is 6.52. The molecule has 1 aliphatic heterocycles. The first-order valence-corrected chi connectivity index (χ1v) is 6.69. The van der Waals surface area contributed by atoms with Crippen molar-refractivity contribution in [2.45, 2.75) is 26.9 Å². The zero-order valence-electron chi connectivity index (χ0n) is 11.8. The lowest BCUT2D eigenvalue weighted by Gasteiger charge is -2.16. The van der Waals surface area contributed by atoms with Crippen LogP contribution in [0.4, 0.5) is 10.1 Å². The van der Waals surface area contributed by atoms with Crippen LogP contribution >= 0.6 is 0 Å². The monoisotopic (exact) mass is 287 g/mol. The number of nitrogens with zero attached hydrogens (tertiary/aromatic N) is 3. The first kappa shape index (κ1) is 13.5. The number of hydrogen-bond donors (Lipinski definition) is 0. The van der Waals surface area contributed by atoms with Gasteiger partial charge in [-0.15, -0.1) is 0 Å². The zero-order chi connectivity index (χ0) is 15.1. The second-order valence-electron chi connectivity index (χ2n) is 5.07. The van der Waals surface area contributed by atoms with E-state index in [0.29, 0.717) is 12.1 Å². The van der Waals surface area contributed by atoms with Crippen molar-refractivity contribution in [1.82, 2.24) is 9.78 Å². The Hall–Kier alpha value is -2.50. The number of aromatic nitrogens is 2. The predicted octanol–water partition coefficient (Wildman–Crippen LogP) is 2.08. The van der Waals surface area contributed by atoms with Crippen molar-refractivity contribution in [3.63, 3.8) is 0 Å². The van der Waals surface area contributed by atoms with Gasteiger partial charge in [-0.1, -0.05) is 0 Å². The third kappa shape index (κ3) is 2.12. The van der Waals surface area contributed by atoms with Crippen molar-refractivity contribution >= 4 is 17.4 Å². The maximum atomic E-state index is 14.2. The van der Waals surface area contributed by atoms with Gasteiger partial charge in [0.25, 0.3) is 11.7 Å². The van der Waals surface area contributed by atoms with Crippen LogP contribution in [0.15, 0.2) is 24.5 Å². The van der Waals surface area contributed by atoms with Crippen molar-refractivity contribution in [2.24, 2.45) is 0 Å². The van der Waals surface area contributed by atoms with Crippen LogP contribution in [0.1, 0.15) is 28.4 Å². The van der Waals surface area contributed by atoms with Gasteiger partial charge in [-0.05, 0) is 31.5 Å². The molecule has 1 aromatic heterocycles. The molecule has 0 atom stereocenters. The fourth-order valence-electron chi connectivity index (χ4n) is 2.52. The summed E-state index contributed by atoms with van der Waals surface area (Å²) in [7, 11) is 0. The normalized spacial score (nSPS) is 14.0. The predicted molar refractivity (Wildman–Crippen MR) is 74.6 cm³/mol. The third-order valence-corrected chi connectivity index (χ3v) is 3.51. The van der Waals surface area contributed by atoms with Crippen LogP contribution in [-0.4, -0.2) is 21.5 Å². The van der Waals surface area contributed by atoms with Crippen LogP contribution in [-0.2, 0) is 17.9 Å². The topological polar surface area (TPSA) is 55.2 Å². The van der Waals surface area contributed by atoms with Gasteiger partial charge in [-0.3, -0.25) is 19.2 Å². The molecule has 21 heavy (non-hydrogen) atoms. The summed E-state index contributed by atoms with van der Waals surface area (Å²) in [5.74, 6) is -1.90. The number of benzene rings is 1. The number of halogens is 1. The molecular formula is C15H14FN3O2. The molecule has 1 aliphatic rings. The molecule has 2 heterocycles. The molecule has 108 valence electrons. The fourth-order valence-corrected chi connectivity index (χ4v) is 2.52. The van der Waals surface area contributed by atoms with E-state index < -0.39 is 17.5 Å². The van der Waals surface area contributed by atoms with Crippen LogP contribution in [0.2, 0.25) is 0 Å². The van der Waals surface area contributed by atoms with Gasteiger partial charge in [0.2, 0.25) is 0 Å². The molecule has 3 rings (SSSR count). The summed E-state index contributed by atoms with van der Waals surface area (Å²) in [6.07, 6.45) is 3.40. The average Bonchev–Trinajstić information content (AvgIpc) is 2.98. The summed E-state index contributed by atoms with van der Waals surface area (Å²) in [6.45, 7) is 4.47. The fraction of sp³-hybridized carbons (Fsp3) is 0.267. The van der Waals surface area contributed by atoms with Gasteiger partial charge in [0.05, 0.1) is 24.0 Å². The second kappa shape index (κ2) is 4.80. The molecule has 0 spiro atoms. The molecule has 0 unspecified atom stereocenters. The van der Waals surface area contributed by atoms with E-state index in [4.69, 9.17) is 0 Å². The first-order valence-electron chi connectivity index (χ1n) is 6.69. The van der Waals surface area contributed by atoms with E-state index in [2.05, 4.69) is 5.10 Å². The van der Waals surface area contributed by atoms with E-state index in [-0.39, 0.29) is 17.8 Å². The van der Waals surface area contributed by atoms with Crippen molar-refractivity contribution in [3.05, 3.63) is 47.0 Å². The average molecular weight is 287 g/mol. The number of amides is 1. The number of aryl methyl sites for hydroxylation is 2. The van der Waals surface area contributed by atoms with Crippen LogP contribution < -0.4 is 4.90 Å². The lowest BCUT2D eigenvalue weighted by atomic mass is 10.1. The molecule has 0 saturated carbocycles. The van der Waals surface area contributed by atoms with Crippen molar-refractivity contribution in [1.29, 1.82) is 0 Å². The zero-order valence-corrected chi connectivity index (χ0v) is 11.8. The minimum absolute atomic E-state index is 0.0693. The largest absolute Gasteiger partial charge is 0.299 e. The van der Waals surface area contributed by atoms with Crippen molar-refractivity contribution in [3.8, 4) is 0 Å². The van der Waals surface area contributed by atoms with Gasteiger partial charge >= 0.3 is 0 Å². The number of carbonyl (C=O) groups excluding carboxylic acids is 2. The highest BCUT2D eigenvalue weighted by atomic mass is 19.1. The molecule has 5 nitrogen and oxygen atoms in total. The van der Waals surface area contributed by atoms with Gasteiger partial charge < -0.3 is 0 Å². The maximum Gasteiger partial charge on any atom is 0.299 e. The van der Waals surface area contributed by atoms with Crippen molar-refractivity contribution < 1.29 is 14.0 Å². The van der Waals surface area contributed by atoms with Gasteiger partial charge in [-0.2, -0.15) is 5.10 Å². The smallest absolute Gasteiger partial charge is 0.297 e. The first-order chi connectivity index (χ1) is 10.0. The number of carbonyl (C=O) groups is 2. The SMILES string of the molecule is CCn1cc(CN2C(=O)C(=O)c3cc(C)cc(F)c32)cn1. The third-order valence-electron chi connectivity index (χ3n) is 3.51. The Bertz CT molecular complexity index is 751. The second-order valence-corrected chi connectivity index (χ2v) is 5.07. The number of Topliss-reactive ketones (excluding diaryl/α,β-unsaturated/α-hetero) is 1. The number of fused-ring (bicyclic) bond motifs is 1. The van der Waals surface area contributed by atoms with Gasteiger partial charge in [0.15, 0.2) is 0 Å². The Morgan fingerprint density at radius 3 is 2.71 bits per heavy atom. The molecule has 1 aromatic carbocycles. The Labute approximate surface area is 121 Å². The Morgan fingerprint density at radius 2 is 2.05 bits per heavy atom. The molecule has 0 N–H and O–H groups in total. The van der Waals surface area contributed by atoms with E-state index in [1.807, 2.05) is 6.92 Å². The summed E-state index contributed by atoms with van der Waals surface area (Å²) in [5.41, 5.74) is 1.58. The van der Waals surface area contributed by atoms with E-state index in [1.165, 1.54) is 11.0 Å². The Kier molecular flexibility index (Phi) is 3.08. The summed E-state index contributed by atoms with van der Waals surface area (Å²) >= 11 is 0. The molecule has 1 amide bonds. The van der Waals surface area contributed by atoms with Gasteiger partial charge in [0.1, 0.15) is 5.82 Å². The molecular weight excluding hydrogens is 273 g/mol. The van der Waals surface area contributed by atoms with Crippen LogP contribution in [0.25, 0.3) is 0 Å². The summed E-state index contributed by atoms with van der Waals surface area (Å²) in [6, 6.07) is 2.88. The number of hydrogen-bond acceptors (Lipinski definition) is 3. The number of ketones is 1. The Morgan fingerprint density at radius 1 is 1.29 bits per heavy atom. The highest BCUT2D eigenvalue weighted by Gasteiger charge is 2.38. The molecule has 0 aliphatic carbocycles. The van der Waals surface area contributed by atoms with E-state index >= 15 is 0 Å². The lowest BCUT2D eigenvalue weighted by molar-refractivity contribution is -0.114. The molecule has 0 saturated heterocycles. The van der Waals surface area contributed by atoms with Gasteiger partial charge in [0, 0.05) is 18.3 Å². The molecule has 0 bridgehead atoms. The lowest BCUT2D eigenvalue weighted by Crippen LogP contribution is -2.29. The molecule has 6 heteroatoms. The molecule has 2 aromatic rings. The van der Waals surface area contributed by atoms with Crippen LogP contribution in [0.3, 0.4) is 0 Å².